The molecular formula is C17H24N2O5. The molecule has 0 heterocycles. The minimum atomic E-state index is -0.752. The van der Waals surface area contributed by atoms with Gasteiger partial charge in [-0.2, -0.15) is 0 Å². The minimum Gasteiger partial charge on any atom is -0.468 e. The fraction of sp³-hybridized carbons (Fsp3) is 0.471. The smallest absolute Gasteiger partial charge is 0.408 e. The highest BCUT2D eigenvalue weighted by molar-refractivity contribution is 5.88. The summed E-state index contributed by atoms with van der Waals surface area (Å²) in [7, 11) is 1.24. The summed E-state index contributed by atoms with van der Waals surface area (Å²) in [6, 6.07) is 8.49. The molecule has 1 aromatic carbocycles. The number of rotatable bonds is 9. The summed E-state index contributed by atoms with van der Waals surface area (Å²) in [6.07, 6.45) is 1.42. The summed E-state index contributed by atoms with van der Waals surface area (Å²) in [5.41, 5.74) is 0.855. The molecule has 0 aliphatic carbocycles. The summed E-state index contributed by atoms with van der Waals surface area (Å²) in [4.78, 5) is 35.1. The highest BCUT2D eigenvalue weighted by atomic mass is 16.5. The lowest BCUT2D eigenvalue weighted by Gasteiger charge is -2.17. The molecule has 2 amide bonds. The van der Waals surface area contributed by atoms with Gasteiger partial charge < -0.3 is 20.1 Å². The Hall–Kier alpha value is -2.57. The number of hydrogen-bond acceptors (Lipinski definition) is 5. The average molecular weight is 336 g/mol. The van der Waals surface area contributed by atoms with Gasteiger partial charge in [0.1, 0.15) is 19.2 Å². The molecule has 0 aromatic heterocycles. The molecule has 7 heteroatoms. The maximum absolute atomic E-state index is 12.1. The third kappa shape index (κ3) is 7.62. The number of carbonyl (C=O) groups is 3. The van der Waals surface area contributed by atoms with Crippen LogP contribution in [0.3, 0.4) is 0 Å². The largest absolute Gasteiger partial charge is 0.468 e. The van der Waals surface area contributed by atoms with Gasteiger partial charge in [0.25, 0.3) is 0 Å². The van der Waals surface area contributed by atoms with Crippen LogP contribution in [0.5, 0.6) is 0 Å². The number of benzene rings is 1. The number of unbranched alkanes of at least 4 members (excludes halogenated alkanes) is 1. The molecule has 1 aromatic rings. The van der Waals surface area contributed by atoms with Gasteiger partial charge in [-0.25, -0.2) is 4.79 Å². The van der Waals surface area contributed by atoms with Crippen molar-refractivity contribution < 1.29 is 23.9 Å². The standard InChI is InChI=1S/C17H24N2O5/c1-3-4-10-14(16(21)18-11-15(20)23-2)19-17(22)24-12-13-8-6-5-7-9-13/h5-9,14H,3-4,10-12H2,1-2H3,(H,18,21)(H,19,22)/t14-/m1/s1. The Bertz CT molecular complexity index is 533. The fourth-order valence-electron chi connectivity index (χ4n) is 1.94. The Morgan fingerprint density at radius 1 is 1.17 bits per heavy atom. The Kier molecular flexibility index (Phi) is 8.96. The van der Waals surface area contributed by atoms with E-state index in [9.17, 15) is 14.4 Å². The van der Waals surface area contributed by atoms with Crippen LogP contribution in [-0.4, -0.2) is 37.7 Å². The SMILES string of the molecule is CCCC[C@@H](NC(=O)OCc1ccccc1)C(=O)NCC(=O)OC. The lowest BCUT2D eigenvalue weighted by Crippen LogP contribution is -2.48. The highest BCUT2D eigenvalue weighted by Crippen LogP contribution is 2.04. The topological polar surface area (TPSA) is 93.7 Å². The first-order valence-electron chi connectivity index (χ1n) is 7.88. The normalized spacial score (nSPS) is 11.2. The van der Waals surface area contributed by atoms with E-state index in [1.54, 1.807) is 0 Å². The molecule has 0 saturated heterocycles. The molecule has 0 saturated carbocycles. The second kappa shape index (κ2) is 11.0. The Morgan fingerprint density at radius 2 is 1.88 bits per heavy atom. The highest BCUT2D eigenvalue weighted by Gasteiger charge is 2.21. The van der Waals surface area contributed by atoms with Gasteiger partial charge in [-0.1, -0.05) is 50.1 Å². The van der Waals surface area contributed by atoms with E-state index in [-0.39, 0.29) is 13.2 Å². The van der Waals surface area contributed by atoms with Gasteiger partial charge in [0.15, 0.2) is 0 Å². The zero-order chi connectivity index (χ0) is 17.8. The fourth-order valence-corrected chi connectivity index (χ4v) is 1.94. The van der Waals surface area contributed by atoms with E-state index in [0.29, 0.717) is 6.42 Å². The van der Waals surface area contributed by atoms with Gasteiger partial charge in [0.2, 0.25) is 5.91 Å². The predicted molar refractivity (Wildman–Crippen MR) is 88.1 cm³/mol. The van der Waals surface area contributed by atoms with Crippen LogP contribution in [0.25, 0.3) is 0 Å². The van der Waals surface area contributed by atoms with Crippen molar-refractivity contribution in [2.24, 2.45) is 0 Å². The maximum Gasteiger partial charge on any atom is 0.408 e. The van der Waals surface area contributed by atoms with E-state index in [0.717, 1.165) is 18.4 Å². The average Bonchev–Trinajstić information content (AvgIpc) is 2.61. The molecule has 0 spiro atoms. The zero-order valence-electron chi connectivity index (χ0n) is 14.0. The summed E-state index contributed by atoms with van der Waals surface area (Å²) < 4.78 is 9.58. The molecule has 7 nitrogen and oxygen atoms in total. The predicted octanol–water partition coefficient (Wildman–Crippen LogP) is 1.76. The van der Waals surface area contributed by atoms with Crippen molar-refractivity contribution in [3.8, 4) is 0 Å². The molecule has 0 bridgehead atoms. The van der Waals surface area contributed by atoms with Crippen LogP contribution in [0.4, 0.5) is 4.79 Å². The zero-order valence-corrected chi connectivity index (χ0v) is 14.0. The Balaban J connectivity index is 2.49. The lowest BCUT2D eigenvalue weighted by molar-refractivity contribution is -0.141. The van der Waals surface area contributed by atoms with Crippen LogP contribution < -0.4 is 10.6 Å². The molecule has 0 aliphatic heterocycles. The molecule has 1 atom stereocenters. The van der Waals surface area contributed by atoms with Crippen molar-refractivity contribution in [2.75, 3.05) is 13.7 Å². The van der Waals surface area contributed by atoms with Gasteiger partial charge in [-0.3, -0.25) is 9.59 Å². The van der Waals surface area contributed by atoms with Gasteiger partial charge in [0.05, 0.1) is 7.11 Å². The summed E-state index contributed by atoms with van der Waals surface area (Å²) in [5.74, 6) is -0.991. The third-order valence-electron chi connectivity index (χ3n) is 3.30. The second-order valence-corrected chi connectivity index (χ2v) is 5.19. The van der Waals surface area contributed by atoms with Crippen molar-refractivity contribution in [1.29, 1.82) is 0 Å². The molecule has 0 aliphatic rings. The van der Waals surface area contributed by atoms with E-state index in [2.05, 4.69) is 15.4 Å². The number of amides is 2. The van der Waals surface area contributed by atoms with E-state index in [1.807, 2.05) is 37.3 Å². The van der Waals surface area contributed by atoms with Gasteiger partial charge in [-0.05, 0) is 12.0 Å². The van der Waals surface area contributed by atoms with E-state index in [4.69, 9.17) is 4.74 Å². The van der Waals surface area contributed by atoms with E-state index < -0.39 is 24.0 Å². The number of alkyl carbamates (subject to hydrolysis) is 1. The van der Waals surface area contributed by atoms with Gasteiger partial charge >= 0.3 is 12.1 Å². The maximum atomic E-state index is 12.1. The number of methoxy groups -OCH3 is 1. The van der Waals surface area contributed by atoms with Crippen LogP contribution in [0, 0.1) is 0 Å². The molecule has 24 heavy (non-hydrogen) atoms. The monoisotopic (exact) mass is 336 g/mol. The van der Waals surface area contributed by atoms with E-state index >= 15 is 0 Å². The summed E-state index contributed by atoms with van der Waals surface area (Å²) in [6.45, 7) is 1.87. The molecule has 1 rings (SSSR count). The van der Waals surface area contributed by atoms with Crippen molar-refractivity contribution in [3.63, 3.8) is 0 Å². The number of carbonyl (C=O) groups excluding carboxylic acids is 3. The molecule has 2 N–H and O–H groups in total. The van der Waals surface area contributed by atoms with Gasteiger partial charge in [-0.15, -0.1) is 0 Å². The third-order valence-corrected chi connectivity index (χ3v) is 3.30. The molecular weight excluding hydrogens is 312 g/mol. The van der Waals surface area contributed by atoms with Crippen molar-refractivity contribution >= 4 is 18.0 Å². The minimum absolute atomic E-state index is 0.122. The van der Waals surface area contributed by atoms with Crippen LogP contribution in [0.15, 0.2) is 30.3 Å². The van der Waals surface area contributed by atoms with Crippen molar-refractivity contribution in [3.05, 3.63) is 35.9 Å². The molecule has 132 valence electrons. The Morgan fingerprint density at radius 3 is 2.50 bits per heavy atom. The van der Waals surface area contributed by atoms with Gasteiger partial charge in [0, 0.05) is 0 Å². The lowest BCUT2D eigenvalue weighted by atomic mass is 10.1. The number of nitrogens with one attached hydrogen (secondary N) is 2. The summed E-state index contributed by atoms with van der Waals surface area (Å²) in [5, 5.41) is 4.98. The van der Waals surface area contributed by atoms with Crippen molar-refractivity contribution in [1.82, 2.24) is 10.6 Å². The molecule has 0 unspecified atom stereocenters. The molecule has 0 fully saturated rings. The number of hydrogen-bond donors (Lipinski definition) is 2. The summed E-state index contributed by atoms with van der Waals surface area (Å²) >= 11 is 0. The first-order valence-corrected chi connectivity index (χ1v) is 7.88. The van der Waals surface area contributed by atoms with Crippen LogP contribution >= 0.6 is 0 Å². The van der Waals surface area contributed by atoms with Crippen LogP contribution in [0.1, 0.15) is 31.7 Å². The van der Waals surface area contributed by atoms with Crippen LogP contribution in [-0.2, 0) is 25.7 Å². The quantitative estimate of drug-likeness (QED) is 0.670. The Labute approximate surface area is 141 Å². The molecule has 0 radical (unpaired) electrons. The first-order chi connectivity index (χ1) is 11.6. The van der Waals surface area contributed by atoms with Crippen molar-refractivity contribution in [2.45, 2.75) is 38.8 Å². The number of ether oxygens (including phenoxy) is 2. The van der Waals surface area contributed by atoms with Crippen LogP contribution in [0.2, 0.25) is 0 Å². The second-order valence-electron chi connectivity index (χ2n) is 5.19. The number of esters is 1. The van der Waals surface area contributed by atoms with E-state index in [1.165, 1.54) is 7.11 Å². The first kappa shape index (κ1) is 19.5.